The van der Waals surface area contributed by atoms with Crippen LogP contribution in [0.2, 0.25) is 5.02 Å². The van der Waals surface area contributed by atoms with Gasteiger partial charge >= 0.3 is 0 Å². The van der Waals surface area contributed by atoms with Gasteiger partial charge in [-0.15, -0.1) is 21.5 Å². The maximum Gasteiger partial charge on any atom is 0.247 e. The number of aliphatic imine (C=N–C) groups is 1. The number of nitrogens with zero attached hydrogens (tertiary/aromatic N) is 6. The molecule has 2 aromatic carbocycles. The third-order valence-corrected chi connectivity index (χ3v) is 11.1. The van der Waals surface area contributed by atoms with Gasteiger partial charge in [-0.3, -0.25) is 23.9 Å². The number of ether oxygens (including phenoxy) is 1. The molecule has 246 valence electrons. The average Bonchev–Trinajstić information content (AvgIpc) is 3.58. The van der Waals surface area contributed by atoms with Crippen molar-refractivity contribution in [2.24, 2.45) is 4.99 Å². The van der Waals surface area contributed by atoms with Gasteiger partial charge < -0.3 is 14.5 Å². The van der Waals surface area contributed by atoms with Gasteiger partial charge in [-0.1, -0.05) is 23.7 Å². The van der Waals surface area contributed by atoms with E-state index >= 15 is 0 Å². The molecule has 4 aromatic rings. The SMILES string of the molecule is COc1ccc(C(=O)/C=C/C(=O)N2CC3CCC2CN3C(=O)C[C@@H]2N=C(c3ccc(Cl)cc3)c3c(sc(C)c3C)-n3c(C)nnc32)cc1. The highest BCUT2D eigenvalue weighted by molar-refractivity contribution is 7.15. The first-order valence-corrected chi connectivity index (χ1v) is 17.1. The number of piperazine rings is 1. The second kappa shape index (κ2) is 12.8. The van der Waals surface area contributed by atoms with Crippen LogP contribution in [0.5, 0.6) is 5.75 Å². The monoisotopic (exact) mass is 682 g/mol. The van der Waals surface area contributed by atoms with Gasteiger partial charge in [-0.05, 0) is 81.7 Å². The van der Waals surface area contributed by atoms with Crippen molar-refractivity contribution in [3.63, 3.8) is 0 Å². The number of carbonyl (C=O) groups is 3. The molecule has 3 fully saturated rings. The number of benzene rings is 2. The van der Waals surface area contributed by atoms with Gasteiger partial charge in [0.15, 0.2) is 11.6 Å². The molecule has 4 aliphatic rings. The summed E-state index contributed by atoms with van der Waals surface area (Å²) in [6.45, 7) is 6.98. The lowest BCUT2D eigenvalue weighted by molar-refractivity contribution is -0.149. The summed E-state index contributed by atoms with van der Waals surface area (Å²) in [5.41, 5.74) is 4.35. The molecule has 6 heterocycles. The van der Waals surface area contributed by atoms with Crippen molar-refractivity contribution in [3.05, 3.63) is 104 Å². The van der Waals surface area contributed by atoms with Crippen LogP contribution in [0.15, 0.2) is 65.7 Å². The van der Waals surface area contributed by atoms with E-state index in [-0.39, 0.29) is 36.1 Å². The summed E-state index contributed by atoms with van der Waals surface area (Å²) >= 11 is 7.92. The number of piperidine rings is 2. The quantitative estimate of drug-likeness (QED) is 0.179. The van der Waals surface area contributed by atoms with Gasteiger partial charge in [-0.2, -0.15) is 0 Å². The molecule has 2 aromatic heterocycles. The highest BCUT2D eigenvalue weighted by Crippen LogP contribution is 2.40. The van der Waals surface area contributed by atoms with Crippen molar-refractivity contribution in [3.8, 4) is 10.8 Å². The lowest BCUT2D eigenvalue weighted by Gasteiger charge is -2.51. The number of carbonyl (C=O) groups excluding carboxylic acids is 3. The molecule has 2 amide bonds. The molecule has 0 aliphatic carbocycles. The summed E-state index contributed by atoms with van der Waals surface area (Å²) < 4.78 is 7.20. The Bertz CT molecular complexity index is 1980. The number of allylic oxidation sites excluding steroid dienone is 1. The summed E-state index contributed by atoms with van der Waals surface area (Å²) in [4.78, 5) is 50.2. The Kier molecular flexibility index (Phi) is 8.51. The van der Waals surface area contributed by atoms with E-state index in [1.807, 2.05) is 40.7 Å². The van der Waals surface area contributed by atoms with Crippen LogP contribution in [0, 0.1) is 20.8 Å². The topological polar surface area (TPSA) is 110 Å². The van der Waals surface area contributed by atoms with E-state index < -0.39 is 6.04 Å². The first-order valence-electron chi connectivity index (χ1n) is 16.0. The number of amides is 2. The van der Waals surface area contributed by atoms with E-state index in [0.717, 1.165) is 46.1 Å². The van der Waals surface area contributed by atoms with Crippen LogP contribution >= 0.6 is 22.9 Å². The highest BCUT2D eigenvalue weighted by atomic mass is 35.5. The Morgan fingerprint density at radius 2 is 1.62 bits per heavy atom. The first-order chi connectivity index (χ1) is 23.1. The number of methoxy groups -OCH3 is 1. The van der Waals surface area contributed by atoms with Gasteiger partial charge in [0.05, 0.1) is 19.2 Å². The van der Waals surface area contributed by atoms with Crippen molar-refractivity contribution in [1.82, 2.24) is 24.6 Å². The minimum atomic E-state index is -0.561. The van der Waals surface area contributed by atoms with Crippen molar-refractivity contribution >= 4 is 46.2 Å². The largest absolute Gasteiger partial charge is 0.497 e. The van der Waals surface area contributed by atoms with Crippen LogP contribution in [0.25, 0.3) is 5.00 Å². The standard InChI is InChI=1S/C36H35ClN6O4S/c1-20-21(2)48-36-33(20)34(24-5-9-25(37)10-6-24)38-29(35-40-39-22(3)43(35)36)17-32(46)42-19-26-11-12-27(42)18-41(26)31(45)16-15-30(44)23-7-13-28(47-4)14-8-23/h5-10,13-16,26-27,29H,11-12,17-19H2,1-4H3/b16-15+/t26?,27?,29-/m0/s1. The number of fused-ring (bicyclic) bond motifs is 6. The van der Waals surface area contributed by atoms with Crippen LogP contribution < -0.4 is 4.74 Å². The lowest BCUT2D eigenvalue weighted by atomic mass is 9.90. The molecule has 10 nitrogen and oxygen atoms in total. The zero-order chi connectivity index (χ0) is 33.7. The zero-order valence-electron chi connectivity index (χ0n) is 27.1. The number of rotatable bonds is 7. The average molecular weight is 683 g/mol. The number of hydrogen-bond donors (Lipinski definition) is 0. The van der Waals surface area contributed by atoms with E-state index in [9.17, 15) is 14.4 Å². The molecule has 2 unspecified atom stereocenters. The smallest absolute Gasteiger partial charge is 0.247 e. The third kappa shape index (κ3) is 5.75. The molecule has 3 saturated heterocycles. The van der Waals surface area contributed by atoms with E-state index in [4.69, 9.17) is 21.3 Å². The summed E-state index contributed by atoms with van der Waals surface area (Å²) in [5, 5.41) is 10.6. The fraction of sp³-hybridized carbons (Fsp3) is 0.333. The van der Waals surface area contributed by atoms with E-state index in [1.54, 1.807) is 47.6 Å². The summed E-state index contributed by atoms with van der Waals surface area (Å²) in [6, 6.07) is 13.6. The van der Waals surface area contributed by atoms with Gasteiger partial charge in [0.25, 0.3) is 0 Å². The third-order valence-electron chi connectivity index (χ3n) is 9.61. The second-order valence-corrected chi connectivity index (χ2v) is 14.1. The van der Waals surface area contributed by atoms with Crippen molar-refractivity contribution in [2.75, 3.05) is 20.2 Å². The Labute approximate surface area is 287 Å². The molecule has 0 saturated carbocycles. The number of aromatic nitrogens is 3. The number of halogens is 1. The molecule has 12 heteroatoms. The van der Waals surface area contributed by atoms with Crippen LogP contribution in [0.3, 0.4) is 0 Å². The van der Waals surface area contributed by atoms with Crippen LogP contribution in [-0.2, 0) is 9.59 Å². The summed E-state index contributed by atoms with van der Waals surface area (Å²) in [5.74, 6) is 1.52. The Balaban J connectivity index is 1.11. The van der Waals surface area contributed by atoms with Crippen LogP contribution in [0.1, 0.15) is 68.9 Å². The van der Waals surface area contributed by atoms with Crippen molar-refractivity contribution in [1.29, 1.82) is 0 Å². The molecular weight excluding hydrogens is 648 g/mol. The number of ketones is 1. The molecule has 8 rings (SSSR count). The molecule has 2 bridgehead atoms. The van der Waals surface area contributed by atoms with E-state index in [0.29, 0.717) is 35.2 Å². The first kappa shape index (κ1) is 32.0. The van der Waals surface area contributed by atoms with Gasteiger partial charge in [-0.25, -0.2) is 0 Å². The van der Waals surface area contributed by atoms with Crippen molar-refractivity contribution < 1.29 is 19.1 Å². The molecule has 4 aliphatic heterocycles. The number of hydrogen-bond acceptors (Lipinski definition) is 8. The maximum absolute atomic E-state index is 14.1. The number of aryl methyl sites for hydroxylation is 2. The molecule has 0 N–H and O–H groups in total. The van der Waals surface area contributed by atoms with Crippen LogP contribution in [-0.4, -0.2) is 80.2 Å². The Hall–Kier alpha value is -4.61. The maximum atomic E-state index is 14.1. The molecule has 48 heavy (non-hydrogen) atoms. The minimum absolute atomic E-state index is 0.0309. The summed E-state index contributed by atoms with van der Waals surface area (Å²) in [7, 11) is 1.56. The molecule has 3 atom stereocenters. The van der Waals surface area contributed by atoms with Crippen LogP contribution in [0.4, 0.5) is 0 Å². The normalized spacial score (nSPS) is 19.9. The van der Waals surface area contributed by atoms with Gasteiger partial charge in [0.1, 0.15) is 22.6 Å². The Morgan fingerprint density at radius 3 is 2.29 bits per heavy atom. The zero-order valence-corrected chi connectivity index (χ0v) is 28.7. The van der Waals surface area contributed by atoms with E-state index in [1.165, 1.54) is 17.0 Å². The minimum Gasteiger partial charge on any atom is -0.497 e. The van der Waals surface area contributed by atoms with Gasteiger partial charge in [0, 0.05) is 57.8 Å². The fourth-order valence-corrected chi connectivity index (χ4v) is 8.25. The summed E-state index contributed by atoms with van der Waals surface area (Å²) in [6.07, 6.45) is 4.39. The molecule has 0 spiro atoms. The molecular formula is C36H35ClN6O4S. The fourth-order valence-electron chi connectivity index (χ4n) is 6.91. The van der Waals surface area contributed by atoms with E-state index in [2.05, 4.69) is 24.0 Å². The Morgan fingerprint density at radius 1 is 0.938 bits per heavy atom. The number of thiophene rings is 1. The van der Waals surface area contributed by atoms with Crippen molar-refractivity contribution in [2.45, 2.75) is 58.2 Å². The second-order valence-electron chi connectivity index (χ2n) is 12.5. The predicted octanol–water partition coefficient (Wildman–Crippen LogP) is 5.84. The predicted molar refractivity (Wildman–Crippen MR) is 185 cm³/mol. The lowest BCUT2D eigenvalue weighted by Crippen LogP contribution is -2.65. The molecule has 0 radical (unpaired) electrons. The highest BCUT2D eigenvalue weighted by Gasteiger charge is 2.43. The van der Waals surface area contributed by atoms with Gasteiger partial charge in [0.2, 0.25) is 11.8 Å².